The highest BCUT2D eigenvalue weighted by molar-refractivity contribution is 5.85. The molecule has 0 aromatic heterocycles. The van der Waals surface area contributed by atoms with Gasteiger partial charge in [0.2, 0.25) is 5.91 Å². The first-order valence-corrected chi connectivity index (χ1v) is 11.2. The number of methoxy groups -OCH3 is 1. The van der Waals surface area contributed by atoms with Gasteiger partial charge in [0.05, 0.1) is 25.2 Å². The maximum atomic E-state index is 12.3. The van der Waals surface area contributed by atoms with Crippen molar-refractivity contribution in [2.45, 2.75) is 24.5 Å². The van der Waals surface area contributed by atoms with Crippen LogP contribution in [-0.4, -0.2) is 68.7 Å². The monoisotopic (exact) mass is 468 g/mol. The van der Waals surface area contributed by atoms with Gasteiger partial charge in [-0.15, -0.1) is 0 Å². The molecule has 34 heavy (non-hydrogen) atoms. The number of carboxylic acid groups (broad SMARTS) is 1. The number of alkyl carbamates (subject to hydrolysis) is 1. The smallest absolute Gasteiger partial charge is 0.407 e. The van der Waals surface area contributed by atoms with Crippen molar-refractivity contribution in [1.29, 1.82) is 0 Å². The third-order valence-corrected chi connectivity index (χ3v) is 6.22. The Bertz CT molecular complexity index is 1010. The summed E-state index contributed by atoms with van der Waals surface area (Å²) in [7, 11) is 1.37. The molecule has 4 rings (SSSR count). The molecule has 1 aliphatic heterocycles. The Hall–Kier alpha value is -3.43. The quantitative estimate of drug-likeness (QED) is 0.515. The number of benzene rings is 2. The summed E-state index contributed by atoms with van der Waals surface area (Å²) in [6.07, 6.45) is -0.541. The fourth-order valence-corrected chi connectivity index (χ4v) is 4.51. The van der Waals surface area contributed by atoms with Crippen molar-refractivity contribution in [1.82, 2.24) is 10.6 Å². The van der Waals surface area contributed by atoms with Gasteiger partial charge in [-0.25, -0.2) is 9.59 Å². The van der Waals surface area contributed by atoms with Crippen LogP contribution in [0.15, 0.2) is 48.5 Å². The van der Waals surface area contributed by atoms with Crippen molar-refractivity contribution < 1.29 is 33.7 Å². The predicted molar refractivity (Wildman–Crippen MR) is 122 cm³/mol. The number of ether oxygens (including phenoxy) is 3. The van der Waals surface area contributed by atoms with Gasteiger partial charge in [-0.3, -0.25) is 4.79 Å². The highest BCUT2D eigenvalue weighted by atomic mass is 16.5. The summed E-state index contributed by atoms with van der Waals surface area (Å²) in [6.45, 7) is 0.441. The van der Waals surface area contributed by atoms with Crippen LogP contribution in [0.1, 0.15) is 23.5 Å². The highest BCUT2D eigenvalue weighted by Crippen LogP contribution is 2.44. The lowest BCUT2D eigenvalue weighted by molar-refractivity contribution is -0.144. The second kappa shape index (κ2) is 10.7. The van der Waals surface area contributed by atoms with E-state index in [1.54, 1.807) is 0 Å². The lowest BCUT2D eigenvalue weighted by Crippen LogP contribution is -2.46. The Balaban J connectivity index is 1.24. The van der Waals surface area contributed by atoms with Gasteiger partial charge in [-0.1, -0.05) is 48.5 Å². The zero-order valence-corrected chi connectivity index (χ0v) is 18.9. The van der Waals surface area contributed by atoms with E-state index in [0.29, 0.717) is 6.42 Å². The Morgan fingerprint density at radius 1 is 1.09 bits per heavy atom. The molecule has 2 aromatic carbocycles. The number of aliphatic carboxylic acids is 1. The van der Waals surface area contributed by atoms with Crippen molar-refractivity contribution in [3.8, 4) is 11.1 Å². The lowest BCUT2D eigenvalue weighted by atomic mass is 9.98. The van der Waals surface area contributed by atoms with Crippen LogP contribution in [0.25, 0.3) is 11.1 Å². The van der Waals surface area contributed by atoms with E-state index in [-0.39, 0.29) is 38.4 Å². The van der Waals surface area contributed by atoms with Gasteiger partial charge in [0, 0.05) is 19.6 Å². The Labute approximate surface area is 197 Å². The summed E-state index contributed by atoms with van der Waals surface area (Å²) in [5.74, 6) is -2.09. The Morgan fingerprint density at radius 2 is 1.74 bits per heavy atom. The maximum Gasteiger partial charge on any atom is 0.407 e. The van der Waals surface area contributed by atoms with Crippen molar-refractivity contribution in [2.24, 2.45) is 5.92 Å². The molecule has 9 nitrogen and oxygen atoms in total. The average molecular weight is 469 g/mol. The van der Waals surface area contributed by atoms with Crippen LogP contribution in [0.5, 0.6) is 0 Å². The van der Waals surface area contributed by atoms with E-state index in [4.69, 9.17) is 19.3 Å². The standard InChI is InChI=1S/C25H28N2O7/c1-32-14-22(24(29)30)27-23(28)15-10-16(33-12-15)11-26-25(31)34-13-21-19-8-4-2-6-17(19)18-7-3-5-9-20(18)21/h2-9,15-16,21-22H,10-14H2,1H3,(H,26,31)(H,27,28)(H,29,30)/t15?,16?,22-/m0/s1. The van der Waals surface area contributed by atoms with E-state index < -0.39 is 29.9 Å². The normalized spacial score (nSPS) is 19.7. The third kappa shape index (κ3) is 5.21. The Kier molecular flexibility index (Phi) is 7.44. The number of hydrogen-bond acceptors (Lipinski definition) is 6. The van der Waals surface area contributed by atoms with E-state index in [1.165, 1.54) is 7.11 Å². The zero-order valence-electron chi connectivity index (χ0n) is 18.9. The maximum absolute atomic E-state index is 12.3. The Morgan fingerprint density at radius 3 is 2.35 bits per heavy atom. The molecule has 3 atom stereocenters. The number of hydrogen-bond donors (Lipinski definition) is 3. The molecule has 180 valence electrons. The van der Waals surface area contributed by atoms with Crippen LogP contribution in [0, 0.1) is 5.92 Å². The van der Waals surface area contributed by atoms with Gasteiger partial charge < -0.3 is 30.0 Å². The number of carbonyl (C=O) groups excluding carboxylic acids is 2. The molecule has 2 amide bonds. The number of nitrogens with one attached hydrogen (secondary N) is 2. The van der Waals surface area contributed by atoms with Crippen molar-refractivity contribution in [3.63, 3.8) is 0 Å². The molecular formula is C25H28N2O7. The first kappa shape index (κ1) is 23.7. The van der Waals surface area contributed by atoms with Gasteiger partial charge in [-0.05, 0) is 28.7 Å². The number of carbonyl (C=O) groups is 3. The fraction of sp³-hybridized carbons (Fsp3) is 0.400. The van der Waals surface area contributed by atoms with Gasteiger partial charge in [0.15, 0.2) is 6.04 Å². The molecule has 1 heterocycles. The second-order valence-electron chi connectivity index (χ2n) is 8.45. The molecule has 0 radical (unpaired) electrons. The van der Waals surface area contributed by atoms with Gasteiger partial charge in [-0.2, -0.15) is 0 Å². The molecule has 2 aliphatic rings. The van der Waals surface area contributed by atoms with Crippen molar-refractivity contribution in [3.05, 3.63) is 59.7 Å². The van der Waals surface area contributed by atoms with Crippen molar-refractivity contribution in [2.75, 3.05) is 33.5 Å². The molecule has 2 aromatic rings. The first-order valence-electron chi connectivity index (χ1n) is 11.2. The summed E-state index contributed by atoms with van der Waals surface area (Å²) < 4.78 is 15.9. The summed E-state index contributed by atoms with van der Waals surface area (Å²) >= 11 is 0. The first-order chi connectivity index (χ1) is 16.5. The number of amides is 2. The number of carboxylic acids is 1. The van der Waals surface area contributed by atoms with Crippen LogP contribution in [-0.2, 0) is 23.8 Å². The summed E-state index contributed by atoms with van der Waals surface area (Å²) in [5.41, 5.74) is 4.59. The number of fused-ring (bicyclic) bond motifs is 3. The molecule has 2 unspecified atom stereocenters. The minimum absolute atomic E-state index is 0.0248. The van der Waals surface area contributed by atoms with E-state index in [0.717, 1.165) is 22.3 Å². The van der Waals surface area contributed by atoms with Crippen LogP contribution in [0.2, 0.25) is 0 Å². The molecule has 9 heteroatoms. The minimum atomic E-state index is -1.16. The molecule has 1 saturated heterocycles. The summed E-state index contributed by atoms with van der Waals surface area (Å²) in [4.78, 5) is 35.9. The minimum Gasteiger partial charge on any atom is -0.480 e. The highest BCUT2D eigenvalue weighted by Gasteiger charge is 2.33. The van der Waals surface area contributed by atoms with Crippen LogP contribution in [0.4, 0.5) is 4.79 Å². The van der Waals surface area contributed by atoms with Crippen LogP contribution in [0.3, 0.4) is 0 Å². The van der Waals surface area contributed by atoms with Crippen molar-refractivity contribution >= 4 is 18.0 Å². The summed E-state index contributed by atoms with van der Waals surface area (Å²) in [5, 5.41) is 14.3. The molecule has 0 saturated carbocycles. The number of rotatable bonds is 9. The third-order valence-electron chi connectivity index (χ3n) is 6.22. The predicted octanol–water partition coefficient (Wildman–Crippen LogP) is 2.15. The summed E-state index contributed by atoms with van der Waals surface area (Å²) in [6, 6.07) is 15.1. The van der Waals surface area contributed by atoms with E-state index in [9.17, 15) is 14.4 Å². The SMILES string of the molecule is COC[C@H](NC(=O)C1COC(CNC(=O)OCC2c3ccccc3-c3ccccc32)C1)C(=O)O. The van der Waals surface area contributed by atoms with Gasteiger partial charge >= 0.3 is 12.1 Å². The molecular weight excluding hydrogens is 440 g/mol. The zero-order chi connectivity index (χ0) is 24.1. The molecule has 0 spiro atoms. The lowest BCUT2D eigenvalue weighted by Gasteiger charge is -2.16. The largest absolute Gasteiger partial charge is 0.480 e. The molecule has 3 N–H and O–H groups in total. The van der Waals surface area contributed by atoms with Gasteiger partial charge in [0.1, 0.15) is 6.61 Å². The van der Waals surface area contributed by atoms with E-state index in [2.05, 4.69) is 34.9 Å². The van der Waals surface area contributed by atoms with Crippen LogP contribution >= 0.6 is 0 Å². The molecule has 1 fully saturated rings. The molecule has 0 bridgehead atoms. The second-order valence-corrected chi connectivity index (χ2v) is 8.45. The van der Waals surface area contributed by atoms with Crippen LogP contribution < -0.4 is 10.6 Å². The fourth-order valence-electron chi connectivity index (χ4n) is 4.51. The van der Waals surface area contributed by atoms with E-state index in [1.807, 2.05) is 24.3 Å². The topological polar surface area (TPSA) is 123 Å². The van der Waals surface area contributed by atoms with E-state index >= 15 is 0 Å². The van der Waals surface area contributed by atoms with Gasteiger partial charge in [0.25, 0.3) is 0 Å². The molecule has 1 aliphatic carbocycles. The average Bonchev–Trinajstić information content (AvgIpc) is 3.44.